The number of carboxylic acid groups (broad SMARTS) is 1. The third-order valence-corrected chi connectivity index (χ3v) is 4.51. The van der Waals surface area contributed by atoms with Gasteiger partial charge < -0.3 is 5.11 Å². The van der Waals surface area contributed by atoms with Crippen LogP contribution in [0.5, 0.6) is 0 Å². The van der Waals surface area contributed by atoms with Crippen LogP contribution in [0.3, 0.4) is 0 Å². The van der Waals surface area contributed by atoms with Crippen molar-refractivity contribution in [2.75, 3.05) is 32.7 Å². The summed E-state index contributed by atoms with van der Waals surface area (Å²) < 4.78 is 1.14. The zero-order chi connectivity index (χ0) is 12.3. The second-order valence-corrected chi connectivity index (χ2v) is 6.09. The number of carboxylic acids is 1. The van der Waals surface area contributed by atoms with E-state index >= 15 is 0 Å². The van der Waals surface area contributed by atoms with E-state index in [0.717, 1.165) is 37.2 Å². The number of piperazine rings is 1. The molecule has 2 rings (SSSR count). The van der Waals surface area contributed by atoms with Crippen LogP contribution in [-0.2, 0) is 11.3 Å². The number of aliphatic carboxylic acids is 1. The minimum Gasteiger partial charge on any atom is -0.480 e. The zero-order valence-electron chi connectivity index (χ0n) is 9.43. The monoisotopic (exact) mass is 318 g/mol. The molecule has 1 fully saturated rings. The number of carbonyl (C=O) groups is 1. The number of rotatable bonds is 4. The highest BCUT2D eigenvalue weighted by atomic mass is 79.9. The summed E-state index contributed by atoms with van der Waals surface area (Å²) >= 11 is 5.21. The molecule has 2 heterocycles. The van der Waals surface area contributed by atoms with E-state index in [4.69, 9.17) is 5.11 Å². The van der Waals surface area contributed by atoms with Gasteiger partial charge in [-0.25, -0.2) is 0 Å². The Labute approximate surface area is 113 Å². The Kier molecular flexibility index (Phi) is 4.55. The van der Waals surface area contributed by atoms with E-state index < -0.39 is 5.97 Å². The average Bonchev–Trinajstić information content (AvgIpc) is 2.66. The Morgan fingerprint density at radius 1 is 1.35 bits per heavy atom. The van der Waals surface area contributed by atoms with Crippen LogP contribution in [0.15, 0.2) is 15.9 Å². The van der Waals surface area contributed by atoms with Crippen LogP contribution < -0.4 is 0 Å². The van der Waals surface area contributed by atoms with E-state index in [1.54, 1.807) is 11.3 Å². The largest absolute Gasteiger partial charge is 0.480 e. The Bertz CT molecular complexity index is 389. The summed E-state index contributed by atoms with van der Waals surface area (Å²) in [7, 11) is 0. The molecule has 0 spiro atoms. The van der Waals surface area contributed by atoms with Gasteiger partial charge in [-0.05, 0) is 22.0 Å². The highest BCUT2D eigenvalue weighted by Crippen LogP contribution is 2.21. The minimum absolute atomic E-state index is 0.165. The van der Waals surface area contributed by atoms with E-state index in [0.29, 0.717) is 0 Å². The van der Waals surface area contributed by atoms with Crippen LogP contribution in [0, 0.1) is 0 Å². The maximum atomic E-state index is 10.6. The van der Waals surface area contributed by atoms with Crippen molar-refractivity contribution in [2.45, 2.75) is 6.54 Å². The predicted molar refractivity (Wildman–Crippen MR) is 71.4 cm³/mol. The summed E-state index contributed by atoms with van der Waals surface area (Å²) in [5, 5.41) is 10.8. The molecule has 1 aromatic rings. The standard InChI is InChI=1S/C11H15BrN2O2S/c12-9-5-10(17-8-9)6-13-1-3-14(4-2-13)7-11(15)16/h5,8H,1-4,6-7H2,(H,15,16). The topological polar surface area (TPSA) is 43.8 Å². The lowest BCUT2D eigenvalue weighted by Gasteiger charge is -2.33. The van der Waals surface area contributed by atoms with E-state index in [9.17, 15) is 4.79 Å². The van der Waals surface area contributed by atoms with Gasteiger partial charge in [0.1, 0.15) is 0 Å². The van der Waals surface area contributed by atoms with Gasteiger partial charge in [-0.15, -0.1) is 11.3 Å². The molecule has 0 atom stereocenters. The van der Waals surface area contributed by atoms with E-state index in [2.05, 4.69) is 32.3 Å². The lowest BCUT2D eigenvalue weighted by molar-refractivity contribution is -0.138. The SMILES string of the molecule is O=C(O)CN1CCN(Cc2cc(Br)cs2)CC1. The molecule has 94 valence electrons. The number of hydrogen-bond acceptors (Lipinski definition) is 4. The minimum atomic E-state index is -0.736. The van der Waals surface area contributed by atoms with Gasteiger partial charge in [-0.1, -0.05) is 0 Å². The second kappa shape index (κ2) is 5.95. The first-order valence-corrected chi connectivity index (χ1v) is 7.20. The Morgan fingerprint density at radius 3 is 2.53 bits per heavy atom. The molecule has 1 saturated heterocycles. The smallest absolute Gasteiger partial charge is 0.317 e. The van der Waals surface area contributed by atoms with Crippen molar-refractivity contribution in [1.82, 2.24) is 9.80 Å². The molecule has 1 N–H and O–H groups in total. The predicted octanol–water partition coefficient (Wildman–Crippen LogP) is 1.71. The van der Waals surface area contributed by atoms with Gasteiger partial charge in [0.2, 0.25) is 0 Å². The number of nitrogens with zero attached hydrogens (tertiary/aromatic N) is 2. The van der Waals surface area contributed by atoms with Crippen LogP contribution in [0.2, 0.25) is 0 Å². The fourth-order valence-corrected chi connectivity index (χ4v) is 3.45. The third kappa shape index (κ3) is 4.06. The molecular formula is C11H15BrN2O2S. The van der Waals surface area contributed by atoms with E-state index in [1.807, 2.05) is 4.90 Å². The highest BCUT2D eigenvalue weighted by molar-refractivity contribution is 9.10. The molecule has 17 heavy (non-hydrogen) atoms. The van der Waals surface area contributed by atoms with E-state index in [-0.39, 0.29) is 6.54 Å². The van der Waals surface area contributed by atoms with Crippen LogP contribution in [0.4, 0.5) is 0 Å². The molecule has 0 amide bonds. The van der Waals surface area contributed by atoms with Crippen molar-refractivity contribution in [3.8, 4) is 0 Å². The summed E-state index contributed by atoms with van der Waals surface area (Å²) in [6, 6.07) is 2.15. The van der Waals surface area contributed by atoms with Gasteiger partial charge >= 0.3 is 5.97 Å². The number of hydrogen-bond donors (Lipinski definition) is 1. The van der Waals surface area contributed by atoms with Gasteiger partial charge in [-0.2, -0.15) is 0 Å². The quantitative estimate of drug-likeness (QED) is 0.918. The van der Waals surface area contributed by atoms with Gasteiger partial charge in [0, 0.05) is 47.5 Å². The molecule has 0 unspecified atom stereocenters. The molecule has 0 bridgehead atoms. The van der Waals surface area contributed by atoms with E-state index in [1.165, 1.54) is 4.88 Å². The highest BCUT2D eigenvalue weighted by Gasteiger charge is 2.18. The van der Waals surface area contributed by atoms with Crippen molar-refractivity contribution in [3.63, 3.8) is 0 Å². The molecule has 0 aliphatic carbocycles. The summed E-state index contributed by atoms with van der Waals surface area (Å²) in [5.41, 5.74) is 0. The molecule has 4 nitrogen and oxygen atoms in total. The summed E-state index contributed by atoms with van der Waals surface area (Å²) in [6.07, 6.45) is 0. The Morgan fingerprint density at radius 2 is 2.00 bits per heavy atom. The van der Waals surface area contributed by atoms with Gasteiger partial charge in [0.25, 0.3) is 0 Å². The van der Waals surface area contributed by atoms with Gasteiger partial charge in [-0.3, -0.25) is 14.6 Å². The first-order chi connectivity index (χ1) is 8.13. The molecule has 0 radical (unpaired) electrons. The molecular weight excluding hydrogens is 304 g/mol. The van der Waals surface area contributed by atoms with Crippen molar-refractivity contribution in [3.05, 3.63) is 20.8 Å². The summed E-state index contributed by atoms with van der Waals surface area (Å²) in [4.78, 5) is 16.3. The summed E-state index contributed by atoms with van der Waals surface area (Å²) in [5.74, 6) is -0.736. The summed E-state index contributed by atoms with van der Waals surface area (Å²) in [6.45, 7) is 4.72. The lowest BCUT2D eigenvalue weighted by Crippen LogP contribution is -2.47. The molecule has 1 aromatic heterocycles. The third-order valence-electron chi connectivity index (χ3n) is 2.82. The van der Waals surface area contributed by atoms with Crippen LogP contribution in [0.25, 0.3) is 0 Å². The van der Waals surface area contributed by atoms with Gasteiger partial charge in [0.15, 0.2) is 0 Å². The van der Waals surface area contributed by atoms with Gasteiger partial charge in [0.05, 0.1) is 6.54 Å². The molecule has 1 aliphatic rings. The fourth-order valence-electron chi connectivity index (χ4n) is 1.95. The van der Waals surface area contributed by atoms with Crippen LogP contribution in [0.1, 0.15) is 4.88 Å². The first-order valence-electron chi connectivity index (χ1n) is 5.53. The maximum Gasteiger partial charge on any atom is 0.317 e. The number of thiophene rings is 1. The molecule has 0 aromatic carbocycles. The van der Waals surface area contributed by atoms with Crippen molar-refractivity contribution >= 4 is 33.2 Å². The normalized spacial score (nSPS) is 18.4. The second-order valence-electron chi connectivity index (χ2n) is 4.18. The molecule has 0 saturated carbocycles. The Balaban J connectivity index is 1.77. The van der Waals surface area contributed by atoms with Crippen molar-refractivity contribution in [1.29, 1.82) is 0 Å². The lowest BCUT2D eigenvalue weighted by atomic mass is 10.3. The van der Waals surface area contributed by atoms with Crippen molar-refractivity contribution < 1.29 is 9.90 Å². The first kappa shape index (κ1) is 13.0. The average molecular weight is 319 g/mol. The van der Waals surface area contributed by atoms with Crippen LogP contribution in [-0.4, -0.2) is 53.6 Å². The Hall–Kier alpha value is -0.430. The van der Waals surface area contributed by atoms with Crippen molar-refractivity contribution in [2.24, 2.45) is 0 Å². The zero-order valence-corrected chi connectivity index (χ0v) is 11.8. The fraction of sp³-hybridized carbons (Fsp3) is 0.545. The molecule has 1 aliphatic heterocycles. The molecule has 6 heteroatoms. The maximum absolute atomic E-state index is 10.6. The van der Waals surface area contributed by atoms with Crippen LogP contribution >= 0.6 is 27.3 Å². The number of halogens is 1.